The van der Waals surface area contributed by atoms with E-state index in [-0.39, 0.29) is 6.10 Å². The molecule has 0 N–H and O–H groups in total. The zero-order chi connectivity index (χ0) is 5.70. The van der Waals surface area contributed by atoms with Gasteiger partial charge in [-0.3, -0.25) is 0 Å². The zero-order valence-corrected chi connectivity index (χ0v) is 4.22. The van der Waals surface area contributed by atoms with E-state index < -0.39 is 0 Å². The van der Waals surface area contributed by atoms with Gasteiger partial charge in [-0.1, -0.05) is 5.92 Å². The summed E-state index contributed by atoms with van der Waals surface area (Å²) in [5.74, 6) is 2.31. The van der Waals surface area contributed by atoms with Crippen LogP contribution in [0.15, 0.2) is 5.16 Å². The van der Waals surface area contributed by atoms with Gasteiger partial charge in [-0.25, -0.2) is 0 Å². The molecule has 2 heteroatoms. The van der Waals surface area contributed by atoms with Crippen molar-refractivity contribution in [1.29, 1.82) is 0 Å². The van der Waals surface area contributed by atoms with Crippen molar-refractivity contribution in [3.63, 3.8) is 0 Å². The monoisotopic (exact) mass is 97.1 g/mol. The number of nitrogens with zero attached hydrogens (tertiary/aromatic N) is 1. The van der Waals surface area contributed by atoms with E-state index in [1.54, 1.807) is 6.92 Å². The van der Waals surface area contributed by atoms with Crippen LogP contribution in [0.1, 0.15) is 6.92 Å². The SMILES string of the molecule is C#CC(C)ON=C. The maximum atomic E-state index is 4.90. The van der Waals surface area contributed by atoms with Gasteiger partial charge in [0.15, 0.2) is 6.10 Å². The molecule has 0 aliphatic heterocycles. The van der Waals surface area contributed by atoms with Crippen molar-refractivity contribution >= 4 is 6.72 Å². The van der Waals surface area contributed by atoms with Crippen LogP contribution in [0.2, 0.25) is 0 Å². The largest absolute Gasteiger partial charge is 0.380 e. The fourth-order valence-corrected chi connectivity index (χ4v) is 0.142. The summed E-state index contributed by atoms with van der Waals surface area (Å²) in [6.45, 7) is 4.80. The lowest BCUT2D eigenvalue weighted by molar-refractivity contribution is 0.115. The Kier molecular flexibility index (Phi) is 2.78. The minimum absolute atomic E-state index is 0.252. The van der Waals surface area contributed by atoms with Crippen LogP contribution in [0.4, 0.5) is 0 Å². The Morgan fingerprint density at radius 3 is 2.71 bits per heavy atom. The Hall–Kier alpha value is -0.970. The maximum Gasteiger partial charge on any atom is 0.184 e. The highest BCUT2D eigenvalue weighted by atomic mass is 16.6. The first-order chi connectivity index (χ1) is 3.31. The Bertz CT molecular complexity index is 92.7. The second kappa shape index (κ2) is 3.23. The topological polar surface area (TPSA) is 21.6 Å². The maximum absolute atomic E-state index is 4.90. The predicted molar refractivity (Wildman–Crippen MR) is 28.9 cm³/mol. The van der Waals surface area contributed by atoms with Gasteiger partial charge in [0, 0.05) is 6.72 Å². The Morgan fingerprint density at radius 2 is 2.57 bits per heavy atom. The minimum Gasteiger partial charge on any atom is -0.380 e. The standard InChI is InChI=1S/C5H7NO/c1-4-5(2)7-6-3/h1,5H,3H2,2H3. The Morgan fingerprint density at radius 1 is 2.00 bits per heavy atom. The van der Waals surface area contributed by atoms with E-state index in [2.05, 4.69) is 22.6 Å². The number of oxime groups is 1. The average molecular weight is 97.1 g/mol. The van der Waals surface area contributed by atoms with Gasteiger partial charge in [0.05, 0.1) is 0 Å². The van der Waals surface area contributed by atoms with Crippen molar-refractivity contribution in [3.8, 4) is 12.3 Å². The lowest BCUT2D eigenvalue weighted by Crippen LogP contribution is -1.97. The molecule has 0 fully saturated rings. The quantitative estimate of drug-likeness (QED) is 0.281. The average Bonchev–Trinajstić information content (AvgIpc) is 1.68. The molecule has 0 rings (SSSR count). The smallest absolute Gasteiger partial charge is 0.184 e. The second-order valence-electron chi connectivity index (χ2n) is 1.04. The van der Waals surface area contributed by atoms with E-state index in [0.717, 1.165) is 0 Å². The van der Waals surface area contributed by atoms with E-state index in [1.165, 1.54) is 0 Å². The fourth-order valence-electron chi connectivity index (χ4n) is 0.142. The normalized spacial score (nSPS) is 11.4. The highest BCUT2D eigenvalue weighted by Crippen LogP contribution is 1.84. The van der Waals surface area contributed by atoms with Crippen molar-refractivity contribution in [1.82, 2.24) is 0 Å². The van der Waals surface area contributed by atoms with Gasteiger partial charge in [0.1, 0.15) is 0 Å². The lowest BCUT2D eigenvalue weighted by atomic mass is 10.4. The van der Waals surface area contributed by atoms with Crippen LogP contribution in [0.3, 0.4) is 0 Å². The van der Waals surface area contributed by atoms with Crippen molar-refractivity contribution in [2.45, 2.75) is 13.0 Å². The predicted octanol–water partition coefficient (Wildman–Crippen LogP) is 0.640. The van der Waals surface area contributed by atoms with E-state index in [1.807, 2.05) is 0 Å². The highest BCUT2D eigenvalue weighted by molar-refractivity contribution is 5.21. The van der Waals surface area contributed by atoms with Gasteiger partial charge < -0.3 is 4.84 Å². The summed E-state index contributed by atoms with van der Waals surface area (Å²) >= 11 is 0. The Balaban J connectivity index is 3.21. The first-order valence-corrected chi connectivity index (χ1v) is 1.89. The molecule has 38 valence electrons. The summed E-state index contributed by atoms with van der Waals surface area (Å²) in [6, 6.07) is 0. The summed E-state index contributed by atoms with van der Waals surface area (Å²) in [4.78, 5) is 4.47. The summed E-state index contributed by atoms with van der Waals surface area (Å²) in [5, 5.41) is 3.11. The molecule has 7 heavy (non-hydrogen) atoms. The van der Waals surface area contributed by atoms with Crippen LogP contribution in [-0.4, -0.2) is 12.8 Å². The van der Waals surface area contributed by atoms with Crippen molar-refractivity contribution in [2.75, 3.05) is 0 Å². The van der Waals surface area contributed by atoms with Gasteiger partial charge in [-0.05, 0) is 6.92 Å². The highest BCUT2D eigenvalue weighted by Gasteiger charge is 1.88. The fraction of sp³-hybridized carbons (Fsp3) is 0.400. The summed E-state index contributed by atoms with van der Waals surface area (Å²) in [7, 11) is 0. The van der Waals surface area contributed by atoms with Crippen molar-refractivity contribution in [3.05, 3.63) is 0 Å². The van der Waals surface area contributed by atoms with E-state index in [4.69, 9.17) is 6.42 Å². The number of hydrogen-bond acceptors (Lipinski definition) is 2. The molecule has 0 radical (unpaired) electrons. The third-order valence-corrected chi connectivity index (χ3v) is 0.467. The molecule has 0 saturated heterocycles. The molecular weight excluding hydrogens is 90.1 g/mol. The molecule has 0 aromatic heterocycles. The molecular formula is C5H7NO. The Labute approximate surface area is 43.2 Å². The zero-order valence-electron chi connectivity index (χ0n) is 4.22. The van der Waals surface area contributed by atoms with E-state index >= 15 is 0 Å². The molecule has 0 aromatic carbocycles. The van der Waals surface area contributed by atoms with Gasteiger partial charge in [0.2, 0.25) is 0 Å². The van der Waals surface area contributed by atoms with Gasteiger partial charge in [-0.15, -0.1) is 11.6 Å². The minimum atomic E-state index is -0.252. The molecule has 0 spiro atoms. The lowest BCUT2D eigenvalue weighted by Gasteiger charge is -1.96. The summed E-state index contributed by atoms with van der Waals surface area (Å²) in [6.07, 6.45) is 4.64. The number of hydrogen-bond donors (Lipinski definition) is 0. The van der Waals surface area contributed by atoms with Crippen molar-refractivity contribution in [2.24, 2.45) is 5.16 Å². The molecule has 1 atom stereocenters. The first-order valence-electron chi connectivity index (χ1n) is 1.89. The molecule has 0 aliphatic rings. The second-order valence-corrected chi connectivity index (χ2v) is 1.04. The van der Waals surface area contributed by atoms with E-state index in [0.29, 0.717) is 0 Å². The van der Waals surface area contributed by atoms with Crippen molar-refractivity contribution < 1.29 is 4.84 Å². The van der Waals surface area contributed by atoms with Crippen LogP contribution < -0.4 is 0 Å². The van der Waals surface area contributed by atoms with Crippen LogP contribution >= 0.6 is 0 Å². The third-order valence-electron chi connectivity index (χ3n) is 0.467. The number of rotatable bonds is 2. The summed E-state index contributed by atoms with van der Waals surface area (Å²) in [5.41, 5.74) is 0. The number of terminal acetylenes is 1. The molecule has 0 bridgehead atoms. The first kappa shape index (κ1) is 6.03. The van der Waals surface area contributed by atoms with Crippen LogP contribution in [-0.2, 0) is 4.84 Å². The molecule has 0 heterocycles. The summed E-state index contributed by atoms with van der Waals surface area (Å²) < 4.78 is 0. The van der Waals surface area contributed by atoms with Crippen LogP contribution in [0.25, 0.3) is 0 Å². The molecule has 2 nitrogen and oxygen atoms in total. The molecule has 0 aromatic rings. The van der Waals surface area contributed by atoms with E-state index in [9.17, 15) is 0 Å². The van der Waals surface area contributed by atoms with Gasteiger partial charge >= 0.3 is 0 Å². The molecule has 1 unspecified atom stereocenters. The van der Waals surface area contributed by atoms with Gasteiger partial charge in [-0.2, -0.15) is 0 Å². The molecule has 0 amide bonds. The molecule has 0 saturated carbocycles. The third kappa shape index (κ3) is 2.84. The molecule has 0 aliphatic carbocycles. The van der Waals surface area contributed by atoms with Gasteiger partial charge in [0.25, 0.3) is 0 Å². The van der Waals surface area contributed by atoms with Crippen LogP contribution in [0, 0.1) is 12.3 Å². The van der Waals surface area contributed by atoms with Crippen LogP contribution in [0.5, 0.6) is 0 Å².